The van der Waals surface area contributed by atoms with Crippen LogP contribution in [0.2, 0.25) is 5.02 Å². The summed E-state index contributed by atoms with van der Waals surface area (Å²) in [7, 11) is 0. The molecule has 0 saturated heterocycles. The molecule has 0 aliphatic heterocycles. The van der Waals surface area contributed by atoms with Gasteiger partial charge in [0.05, 0.1) is 0 Å². The molecule has 0 aliphatic carbocycles. The molecule has 0 bridgehead atoms. The summed E-state index contributed by atoms with van der Waals surface area (Å²) < 4.78 is 0. The third kappa shape index (κ3) is 3.59. The topological polar surface area (TPSA) is 12.0 Å². The van der Waals surface area contributed by atoms with Crippen LogP contribution in [0, 0.1) is 6.92 Å². The lowest BCUT2D eigenvalue weighted by Gasteiger charge is -2.12. The summed E-state index contributed by atoms with van der Waals surface area (Å²) >= 11 is 6.38. The van der Waals surface area contributed by atoms with Crippen LogP contribution in [0.3, 0.4) is 0 Å². The molecule has 2 aromatic rings. The predicted octanol–water partition coefficient (Wildman–Crippen LogP) is 4.81. The van der Waals surface area contributed by atoms with Crippen molar-refractivity contribution in [2.24, 2.45) is 0 Å². The highest BCUT2D eigenvalue weighted by atomic mass is 35.5. The zero-order chi connectivity index (χ0) is 13.8. The minimum atomic E-state index is 0.465. The van der Waals surface area contributed by atoms with Crippen molar-refractivity contribution in [1.29, 1.82) is 0 Å². The van der Waals surface area contributed by atoms with Gasteiger partial charge in [0.2, 0.25) is 0 Å². The number of benzene rings is 2. The number of rotatable bonds is 4. The average molecular weight is 274 g/mol. The van der Waals surface area contributed by atoms with Gasteiger partial charge in [-0.1, -0.05) is 61.8 Å². The summed E-state index contributed by atoms with van der Waals surface area (Å²) in [5.41, 5.74) is 4.84. The quantitative estimate of drug-likeness (QED) is 0.843. The van der Waals surface area contributed by atoms with Crippen molar-refractivity contribution >= 4 is 11.6 Å². The zero-order valence-electron chi connectivity index (χ0n) is 11.7. The minimum absolute atomic E-state index is 0.465. The molecule has 2 rings (SSSR count). The van der Waals surface area contributed by atoms with E-state index in [-0.39, 0.29) is 0 Å². The van der Waals surface area contributed by atoms with E-state index >= 15 is 0 Å². The summed E-state index contributed by atoms with van der Waals surface area (Å²) in [4.78, 5) is 0. The van der Waals surface area contributed by atoms with Gasteiger partial charge in [0, 0.05) is 17.6 Å². The van der Waals surface area contributed by atoms with E-state index in [0.29, 0.717) is 6.04 Å². The monoisotopic (exact) mass is 273 g/mol. The Bertz CT molecular complexity index is 561. The fraction of sp³-hybridized carbons (Fsp3) is 0.294. The number of hydrogen-bond acceptors (Lipinski definition) is 1. The van der Waals surface area contributed by atoms with Crippen molar-refractivity contribution in [3.8, 4) is 11.1 Å². The minimum Gasteiger partial charge on any atom is -0.310 e. The van der Waals surface area contributed by atoms with Crippen LogP contribution in [0.15, 0.2) is 42.5 Å². The zero-order valence-corrected chi connectivity index (χ0v) is 12.5. The Morgan fingerprint density at radius 1 is 1.11 bits per heavy atom. The Morgan fingerprint density at radius 3 is 2.47 bits per heavy atom. The SMILES string of the molecule is Cc1ccccc1-c1ccc(CNC(C)C)c(Cl)c1. The van der Waals surface area contributed by atoms with E-state index in [9.17, 15) is 0 Å². The fourth-order valence-electron chi connectivity index (χ4n) is 2.07. The van der Waals surface area contributed by atoms with Gasteiger partial charge in [-0.15, -0.1) is 0 Å². The van der Waals surface area contributed by atoms with Crippen LogP contribution in [-0.2, 0) is 6.54 Å². The van der Waals surface area contributed by atoms with E-state index in [0.717, 1.165) is 17.1 Å². The van der Waals surface area contributed by atoms with Crippen molar-refractivity contribution in [2.45, 2.75) is 33.4 Å². The largest absolute Gasteiger partial charge is 0.310 e. The van der Waals surface area contributed by atoms with Gasteiger partial charge in [-0.25, -0.2) is 0 Å². The number of nitrogens with one attached hydrogen (secondary N) is 1. The lowest BCUT2D eigenvalue weighted by molar-refractivity contribution is 0.589. The second kappa shape index (κ2) is 6.23. The Kier molecular flexibility index (Phi) is 4.62. The third-order valence-electron chi connectivity index (χ3n) is 3.21. The van der Waals surface area contributed by atoms with Gasteiger partial charge >= 0.3 is 0 Å². The Balaban J connectivity index is 2.26. The molecule has 1 N–H and O–H groups in total. The first kappa shape index (κ1) is 14.1. The Morgan fingerprint density at radius 2 is 1.84 bits per heavy atom. The van der Waals surface area contributed by atoms with E-state index in [4.69, 9.17) is 11.6 Å². The van der Waals surface area contributed by atoms with Crippen molar-refractivity contribution in [3.63, 3.8) is 0 Å². The van der Waals surface area contributed by atoms with Gasteiger partial charge in [-0.3, -0.25) is 0 Å². The highest BCUT2D eigenvalue weighted by Crippen LogP contribution is 2.27. The van der Waals surface area contributed by atoms with Crippen LogP contribution in [0.1, 0.15) is 25.0 Å². The van der Waals surface area contributed by atoms with Crippen LogP contribution in [0.5, 0.6) is 0 Å². The lowest BCUT2D eigenvalue weighted by Crippen LogP contribution is -2.21. The molecular weight excluding hydrogens is 254 g/mol. The molecule has 0 heterocycles. The molecule has 19 heavy (non-hydrogen) atoms. The molecule has 0 radical (unpaired) electrons. The maximum Gasteiger partial charge on any atom is 0.0457 e. The van der Waals surface area contributed by atoms with E-state index < -0.39 is 0 Å². The normalized spacial score (nSPS) is 11.0. The summed E-state index contributed by atoms with van der Waals surface area (Å²) in [6.45, 7) is 7.20. The van der Waals surface area contributed by atoms with Gasteiger partial charge in [0.15, 0.2) is 0 Å². The maximum absolute atomic E-state index is 6.38. The van der Waals surface area contributed by atoms with Gasteiger partial charge in [0.25, 0.3) is 0 Å². The first-order valence-corrected chi connectivity index (χ1v) is 7.03. The summed E-state index contributed by atoms with van der Waals surface area (Å²) in [6.07, 6.45) is 0. The van der Waals surface area contributed by atoms with Crippen LogP contribution in [0.4, 0.5) is 0 Å². The van der Waals surface area contributed by atoms with Crippen molar-refractivity contribution in [1.82, 2.24) is 5.32 Å². The average Bonchev–Trinajstić information content (AvgIpc) is 2.37. The van der Waals surface area contributed by atoms with Crippen molar-refractivity contribution < 1.29 is 0 Å². The smallest absolute Gasteiger partial charge is 0.0457 e. The molecule has 2 heteroatoms. The molecule has 0 saturated carbocycles. The molecule has 0 aliphatic rings. The number of aryl methyl sites for hydroxylation is 1. The van der Waals surface area contributed by atoms with E-state index in [1.54, 1.807) is 0 Å². The molecule has 0 amide bonds. The molecule has 0 spiro atoms. The molecule has 0 atom stereocenters. The summed E-state index contributed by atoms with van der Waals surface area (Å²) in [5, 5.41) is 4.22. The predicted molar refractivity (Wildman–Crippen MR) is 83.6 cm³/mol. The molecule has 0 unspecified atom stereocenters. The number of halogens is 1. The summed E-state index contributed by atoms with van der Waals surface area (Å²) in [5.74, 6) is 0. The van der Waals surface area contributed by atoms with Crippen molar-refractivity contribution in [3.05, 3.63) is 58.6 Å². The van der Waals surface area contributed by atoms with Gasteiger partial charge in [0.1, 0.15) is 0 Å². The molecule has 100 valence electrons. The fourth-order valence-corrected chi connectivity index (χ4v) is 2.32. The van der Waals surface area contributed by atoms with Gasteiger partial charge in [-0.2, -0.15) is 0 Å². The third-order valence-corrected chi connectivity index (χ3v) is 3.56. The number of hydrogen-bond donors (Lipinski definition) is 1. The van der Waals surface area contributed by atoms with E-state index in [2.05, 4.69) is 68.6 Å². The van der Waals surface area contributed by atoms with E-state index in [1.807, 2.05) is 0 Å². The second-order valence-electron chi connectivity index (χ2n) is 5.16. The summed E-state index contributed by atoms with van der Waals surface area (Å²) in [6, 6.07) is 15.1. The first-order chi connectivity index (χ1) is 9.08. The molecule has 0 aromatic heterocycles. The second-order valence-corrected chi connectivity index (χ2v) is 5.56. The van der Waals surface area contributed by atoms with Crippen LogP contribution in [0.25, 0.3) is 11.1 Å². The Hall–Kier alpha value is -1.31. The standard InChI is InChI=1S/C17H20ClN/c1-12(2)19-11-15-9-8-14(10-17(15)18)16-7-5-4-6-13(16)3/h4-10,12,19H,11H2,1-3H3. The van der Waals surface area contributed by atoms with Gasteiger partial charge in [-0.05, 0) is 35.2 Å². The lowest BCUT2D eigenvalue weighted by atomic mass is 9.99. The molecule has 0 fully saturated rings. The van der Waals surface area contributed by atoms with Gasteiger partial charge < -0.3 is 5.32 Å². The van der Waals surface area contributed by atoms with Crippen LogP contribution < -0.4 is 5.32 Å². The molecule has 1 nitrogen and oxygen atoms in total. The maximum atomic E-state index is 6.38. The van der Waals surface area contributed by atoms with Crippen LogP contribution >= 0.6 is 11.6 Å². The van der Waals surface area contributed by atoms with E-state index in [1.165, 1.54) is 16.7 Å². The molecular formula is C17H20ClN. The highest BCUT2D eigenvalue weighted by molar-refractivity contribution is 6.31. The highest BCUT2D eigenvalue weighted by Gasteiger charge is 2.06. The first-order valence-electron chi connectivity index (χ1n) is 6.65. The van der Waals surface area contributed by atoms with Crippen LogP contribution in [-0.4, -0.2) is 6.04 Å². The molecule has 2 aromatic carbocycles. The van der Waals surface area contributed by atoms with Crippen molar-refractivity contribution in [2.75, 3.05) is 0 Å². The Labute approximate surface area is 120 Å².